The summed E-state index contributed by atoms with van der Waals surface area (Å²) in [5, 5.41) is 11.4. The van der Waals surface area contributed by atoms with E-state index in [1.807, 2.05) is 0 Å². The van der Waals surface area contributed by atoms with Crippen molar-refractivity contribution in [1.29, 1.82) is 0 Å². The second kappa shape index (κ2) is 6.24. The first-order chi connectivity index (χ1) is 9.83. The number of hydrogen-bond donors (Lipinski definition) is 1. The van der Waals surface area contributed by atoms with E-state index in [2.05, 4.69) is 27.8 Å². The Bertz CT molecular complexity index is 558. The van der Waals surface area contributed by atoms with Crippen molar-refractivity contribution in [2.24, 2.45) is 0 Å². The Kier molecular flexibility index (Phi) is 4.38. The molecule has 5 heteroatoms. The highest BCUT2D eigenvalue weighted by atomic mass is 32.1. The minimum atomic E-state index is 0.230. The second-order valence-corrected chi connectivity index (χ2v) is 6.50. The molecule has 0 atom stereocenters. The molecule has 0 spiro atoms. The standard InChI is InChI=1S/C15H23N3OS/c1-2-3-6-17(7-9-19)11-13-14(12-4-5-12)16-15-18(13)8-10-20-15/h8,10,12,19H,2-7,9,11H2,1H3. The van der Waals surface area contributed by atoms with E-state index in [0.717, 1.165) is 24.6 Å². The van der Waals surface area contributed by atoms with Gasteiger partial charge in [-0.05, 0) is 25.8 Å². The van der Waals surface area contributed by atoms with Crippen LogP contribution in [-0.2, 0) is 6.54 Å². The van der Waals surface area contributed by atoms with Gasteiger partial charge in [0.25, 0.3) is 0 Å². The lowest BCUT2D eigenvalue weighted by molar-refractivity contribution is 0.186. The normalized spacial score (nSPS) is 15.6. The molecule has 0 radical (unpaired) electrons. The summed E-state index contributed by atoms with van der Waals surface area (Å²) in [6.07, 6.45) is 7.08. The summed E-state index contributed by atoms with van der Waals surface area (Å²) in [6.45, 7) is 5.15. The highest BCUT2D eigenvalue weighted by Crippen LogP contribution is 2.42. The van der Waals surface area contributed by atoms with E-state index < -0.39 is 0 Å². The molecule has 0 aliphatic heterocycles. The number of fused-ring (bicyclic) bond motifs is 1. The van der Waals surface area contributed by atoms with Crippen LogP contribution in [0.1, 0.15) is 49.9 Å². The SMILES string of the molecule is CCCCN(CCO)Cc1c(C2CC2)nc2sccn12. The molecule has 2 aromatic heterocycles. The van der Waals surface area contributed by atoms with Crippen LogP contribution in [0.5, 0.6) is 0 Å². The summed E-state index contributed by atoms with van der Waals surface area (Å²) in [7, 11) is 0. The summed E-state index contributed by atoms with van der Waals surface area (Å²) in [5.41, 5.74) is 2.64. The van der Waals surface area contributed by atoms with Crippen molar-refractivity contribution < 1.29 is 5.11 Å². The third-order valence-electron chi connectivity index (χ3n) is 3.97. The summed E-state index contributed by atoms with van der Waals surface area (Å²) in [6, 6.07) is 0. The summed E-state index contributed by atoms with van der Waals surface area (Å²) < 4.78 is 2.24. The molecule has 1 fully saturated rings. The highest BCUT2D eigenvalue weighted by molar-refractivity contribution is 7.15. The zero-order valence-electron chi connectivity index (χ0n) is 12.1. The third-order valence-corrected chi connectivity index (χ3v) is 4.73. The van der Waals surface area contributed by atoms with Gasteiger partial charge in [0.15, 0.2) is 4.96 Å². The Balaban J connectivity index is 1.83. The molecule has 2 aromatic rings. The number of unbranched alkanes of at least 4 members (excludes halogenated alkanes) is 1. The van der Waals surface area contributed by atoms with Gasteiger partial charge in [0.2, 0.25) is 0 Å². The van der Waals surface area contributed by atoms with Gasteiger partial charge in [0, 0.05) is 30.6 Å². The fourth-order valence-corrected chi connectivity index (χ4v) is 3.43. The predicted octanol–water partition coefficient (Wildman–Crippen LogP) is 2.87. The minimum absolute atomic E-state index is 0.230. The minimum Gasteiger partial charge on any atom is -0.395 e. The number of hydrogen-bond acceptors (Lipinski definition) is 4. The van der Waals surface area contributed by atoms with Crippen LogP contribution in [0.2, 0.25) is 0 Å². The molecule has 0 amide bonds. The van der Waals surface area contributed by atoms with Crippen molar-refractivity contribution in [1.82, 2.24) is 14.3 Å². The van der Waals surface area contributed by atoms with Crippen LogP contribution in [-0.4, -0.2) is 39.1 Å². The van der Waals surface area contributed by atoms with Crippen LogP contribution in [0.3, 0.4) is 0 Å². The quantitative estimate of drug-likeness (QED) is 0.813. The average Bonchev–Trinajstić information content (AvgIpc) is 3.09. The monoisotopic (exact) mass is 293 g/mol. The van der Waals surface area contributed by atoms with Crippen LogP contribution in [0.4, 0.5) is 0 Å². The highest BCUT2D eigenvalue weighted by Gasteiger charge is 2.30. The van der Waals surface area contributed by atoms with E-state index in [9.17, 15) is 5.11 Å². The zero-order valence-corrected chi connectivity index (χ0v) is 12.9. The van der Waals surface area contributed by atoms with Gasteiger partial charge in [-0.1, -0.05) is 13.3 Å². The number of aromatic nitrogens is 2. The van der Waals surface area contributed by atoms with Gasteiger partial charge in [-0.3, -0.25) is 9.30 Å². The Morgan fingerprint density at radius 1 is 1.45 bits per heavy atom. The maximum absolute atomic E-state index is 9.27. The molecule has 0 saturated heterocycles. The molecule has 20 heavy (non-hydrogen) atoms. The van der Waals surface area contributed by atoms with Crippen molar-refractivity contribution in [3.8, 4) is 0 Å². The molecule has 1 N–H and O–H groups in total. The van der Waals surface area contributed by atoms with Crippen molar-refractivity contribution in [2.45, 2.75) is 45.1 Å². The summed E-state index contributed by atoms with van der Waals surface area (Å²) >= 11 is 1.71. The largest absolute Gasteiger partial charge is 0.395 e. The van der Waals surface area contributed by atoms with Gasteiger partial charge in [0.05, 0.1) is 18.0 Å². The topological polar surface area (TPSA) is 40.8 Å². The van der Waals surface area contributed by atoms with Gasteiger partial charge in [-0.25, -0.2) is 4.98 Å². The Labute approximate surface area is 124 Å². The molecule has 2 heterocycles. The van der Waals surface area contributed by atoms with Crippen molar-refractivity contribution in [3.05, 3.63) is 23.0 Å². The number of imidazole rings is 1. The first kappa shape index (κ1) is 14.0. The molecule has 0 aromatic carbocycles. The second-order valence-electron chi connectivity index (χ2n) is 5.63. The molecule has 1 saturated carbocycles. The van der Waals surface area contributed by atoms with Crippen LogP contribution < -0.4 is 0 Å². The number of thiazole rings is 1. The van der Waals surface area contributed by atoms with E-state index in [-0.39, 0.29) is 6.61 Å². The van der Waals surface area contributed by atoms with Crippen LogP contribution >= 0.6 is 11.3 Å². The van der Waals surface area contributed by atoms with Crippen molar-refractivity contribution in [3.63, 3.8) is 0 Å². The first-order valence-electron chi connectivity index (χ1n) is 7.61. The molecular weight excluding hydrogens is 270 g/mol. The van der Waals surface area contributed by atoms with E-state index in [4.69, 9.17) is 4.98 Å². The number of aliphatic hydroxyl groups is 1. The van der Waals surface area contributed by atoms with E-state index in [1.54, 1.807) is 11.3 Å². The van der Waals surface area contributed by atoms with Gasteiger partial charge in [-0.15, -0.1) is 11.3 Å². The average molecular weight is 293 g/mol. The molecule has 3 rings (SSSR count). The smallest absolute Gasteiger partial charge is 0.194 e. The molecule has 1 aliphatic carbocycles. The lowest BCUT2D eigenvalue weighted by Gasteiger charge is -2.21. The fourth-order valence-electron chi connectivity index (χ4n) is 2.70. The number of aliphatic hydroxyl groups excluding tert-OH is 1. The lowest BCUT2D eigenvalue weighted by Crippen LogP contribution is -2.28. The van der Waals surface area contributed by atoms with Crippen molar-refractivity contribution >= 4 is 16.3 Å². The fraction of sp³-hybridized carbons (Fsp3) is 0.667. The maximum Gasteiger partial charge on any atom is 0.194 e. The van der Waals surface area contributed by atoms with Crippen molar-refractivity contribution in [2.75, 3.05) is 19.7 Å². The van der Waals surface area contributed by atoms with E-state index in [0.29, 0.717) is 5.92 Å². The van der Waals surface area contributed by atoms with E-state index in [1.165, 1.54) is 37.1 Å². The van der Waals surface area contributed by atoms with Crippen LogP contribution in [0.15, 0.2) is 11.6 Å². The lowest BCUT2D eigenvalue weighted by atomic mass is 10.2. The Morgan fingerprint density at radius 2 is 2.30 bits per heavy atom. The maximum atomic E-state index is 9.27. The van der Waals surface area contributed by atoms with Crippen LogP contribution in [0, 0.1) is 0 Å². The molecule has 1 aliphatic rings. The predicted molar refractivity (Wildman–Crippen MR) is 82.3 cm³/mol. The van der Waals surface area contributed by atoms with E-state index >= 15 is 0 Å². The summed E-state index contributed by atoms with van der Waals surface area (Å²) in [4.78, 5) is 8.29. The first-order valence-corrected chi connectivity index (χ1v) is 8.49. The summed E-state index contributed by atoms with van der Waals surface area (Å²) in [5.74, 6) is 0.680. The molecule has 4 nitrogen and oxygen atoms in total. The van der Waals surface area contributed by atoms with Gasteiger partial charge in [0.1, 0.15) is 0 Å². The van der Waals surface area contributed by atoms with Crippen LogP contribution in [0.25, 0.3) is 4.96 Å². The zero-order chi connectivity index (χ0) is 13.9. The molecule has 0 bridgehead atoms. The Morgan fingerprint density at radius 3 is 3.00 bits per heavy atom. The number of nitrogens with zero attached hydrogens (tertiary/aromatic N) is 3. The third kappa shape index (κ3) is 2.90. The van der Waals surface area contributed by atoms with Gasteiger partial charge in [-0.2, -0.15) is 0 Å². The molecular formula is C15H23N3OS. The molecule has 110 valence electrons. The van der Waals surface area contributed by atoms with Gasteiger partial charge >= 0.3 is 0 Å². The Hall–Kier alpha value is -0.910. The number of rotatable bonds is 8. The van der Waals surface area contributed by atoms with Gasteiger partial charge < -0.3 is 5.11 Å². The molecule has 0 unspecified atom stereocenters.